The van der Waals surface area contributed by atoms with E-state index in [2.05, 4.69) is 9.97 Å². The summed E-state index contributed by atoms with van der Waals surface area (Å²) in [4.78, 5) is 21.0. The summed E-state index contributed by atoms with van der Waals surface area (Å²) in [6.45, 7) is 2.27. The molecule has 0 unspecified atom stereocenters. The number of carbonyl (C=O) groups is 1. The first kappa shape index (κ1) is 12.2. The minimum absolute atomic E-state index is 0.135. The van der Waals surface area contributed by atoms with Gasteiger partial charge in [0.1, 0.15) is 6.54 Å². The average Bonchev–Trinajstić information content (AvgIpc) is 2.29. The molecule has 0 aliphatic carbocycles. The molecule has 0 aromatic carbocycles. The predicted molar refractivity (Wildman–Crippen MR) is 58.5 cm³/mol. The van der Waals surface area contributed by atoms with Crippen LogP contribution in [0.3, 0.4) is 0 Å². The summed E-state index contributed by atoms with van der Waals surface area (Å²) in [5.74, 6) is 0.676. The molecule has 0 bridgehead atoms. The Hall–Kier alpha value is -1.85. The lowest BCUT2D eigenvalue weighted by Gasteiger charge is -2.16. The molecular weight excluding hydrogens is 210 g/mol. The molecule has 0 N–H and O–H groups in total. The van der Waals surface area contributed by atoms with Gasteiger partial charge in [-0.25, -0.2) is 0 Å². The van der Waals surface area contributed by atoms with Gasteiger partial charge in [-0.2, -0.15) is 4.98 Å². The Labute approximate surface area is 94.2 Å². The summed E-state index contributed by atoms with van der Waals surface area (Å²) in [5.41, 5.74) is 0. The maximum Gasteiger partial charge on any atom is 0.325 e. The molecule has 0 radical (unpaired) electrons. The SMILES string of the molecule is CCOC(=O)CN(C)c1cncc(OC)n1. The van der Waals surface area contributed by atoms with Crippen LogP contribution in [0.5, 0.6) is 5.88 Å². The monoisotopic (exact) mass is 225 g/mol. The second-order valence-corrected chi connectivity index (χ2v) is 3.08. The molecule has 0 fully saturated rings. The van der Waals surface area contributed by atoms with Gasteiger partial charge in [0, 0.05) is 7.05 Å². The molecule has 6 heteroatoms. The largest absolute Gasteiger partial charge is 0.480 e. The van der Waals surface area contributed by atoms with Crippen LogP contribution in [0.25, 0.3) is 0 Å². The van der Waals surface area contributed by atoms with Crippen LogP contribution in [0.4, 0.5) is 5.82 Å². The number of methoxy groups -OCH3 is 1. The van der Waals surface area contributed by atoms with Crippen LogP contribution in [-0.2, 0) is 9.53 Å². The number of nitrogens with zero attached hydrogens (tertiary/aromatic N) is 3. The van der Waals surface area contributed by atoms with E-state index in [1.807, 2.05) is 0 Å². The predicted octanol–water partition coefficient (Wildman–Crippen LogP) is 0.484. The lowest BCUT2D eigenvalue weighted by Crippen LogP contribution is -2.27. The number of hydrogen-bond donors (Lipinski definition) is 0. The van der Waals surface area contributed by atoms with E-state index in [-0.39, 0.29) is 12.5 Å². The quantitative estimate of drug-likeness (QED) is 0.679. The van der Waals surface area contributed by atoms with E-state index in [0.29, 0.717) is 18.3 Å². The molecule has 6 nitrogen and oxygen atoms in total. The van der Waals surface area contributed by atoms with E-state index in [1.165, 1.54) is 13.3 Å². The molecule has 88 valence electrons. The second kappa shape index (κ2) is 5.89. The molecule has 0 aliphatic rings. The summed E-state index contributed by atoms with van der Waals surface area (Å²) < 4.78 is 9.77. The lowest BCUT2D eigenvalue weighted by atomic mass is 10.5. The van der Waals surface area contributed by atoms with Crippen molar-refractivity contribution in [1.29, 1.82) is 0 Å². The fourth-order valence-electron chi connectivity index (χ4n) is 1.10. The lowest BCUT2D eigenvalue weighted by molar-refractivity contribution is -0.141. The van der Waals surface area contributed by atoms with Crippen LogP contribution in [0.15, 0.2) is 12.4 Å². The zero-order valence-corrected chi connectivity index (χ0v) is 9.64. The molecule has 16 heavy (non-hydrogen) atoms. The molecule has 1 aromatic rings. The van der Waals surface area contributed by atoms with Gasteiger partial charge in [-0.15, -0.1) is 0 Å². The van der Waals surface area contributed by atoms with Crippen molar-refractivity contribution in [3.63, 3.8) is 0 Å². The summed E-state index contributed by atoms with van der Waals surface area (Å²) in [5, 5.41) is 0. The summed E-state index contributed by atoms with van der Waals surface area (Å²) in [7, 11) is 3.25. The van der Waals surface area contributed by atoms with Gasteiger partial charge in [0.15, 0.2) is 5.82 Å². The molecule has 1 rings (SSSR count). The van der Waals surface area contributed by atoms with E-state index in [1.54, 1.807) is 25.1 Å². The zero-order valence-electron chi connectivity index (χ0n) is 9.64. The summed E-state index contributed by atoms with van der Waals surface area (Å²) >= 11 is 0. The highest BCUT2D eigenvalue weighted by Crippen LogP contribution is 2.11. The zero-order chi connectivity index (χ0) is 12.0. The molecule has 1 heterocycles. The third kappa shape index (κ3) is 3.38. The fourth-order valence-corrected chi connectivity index (χ4v) is 1.10. The van der Waals surface area contributed by atoms with Crippen molar-refractivity contribution >= 4 is 11.8 Å². The number of rotatable bonds is 5. The van der Waals surface area contributed by atoms with Crippen LogP contribution in [0.1, 0.15) is 6.92 Å². The van der Waals surface area contributed by atoms with Gasteiger partial charge >= 0.3 is 5.97 Å². The average molecular weight is 225 g/mol. The maximum absolute atomic E-state index is 11.2. The van der Waals surface area contributed by atoms with E-state index >= 15 is 0 Å². The van der Waals surface area contributed by atoms with Crippen LogP contribution in [-0.4, -0.2) is 43.2 Å². The maximum atomic E-state index is 11.2. The van der Waals surface area contributed by atoms with Gasteiger partial charge in [-0.3, -0.25) is 9.78 Å². The standard InChI is InChI=1S/C10H15N3O3/c1-4-16-10(14)7-13(2)8-5-11-6-9(12-8)15-3/h5-6H,4,7H2,1-3H3. The number of aromatic nitrogens is 2. The number of carbonyl (C=O) groups excluding carboxylic acids is 1. The van der Waals surface area contributed by atoms with Crippen molar-refractivity contribution in [3.05, 3.63) is 12.4 Å². The van der Waals surface area contributed by atoms with Crippen molar-refractivity contribution in [2.24, 2.45) is 0 Å². The van der Waals surface area contributed by atoms with Crippen LogP contribution in [0, 0.1) is 0 Å². The van der Waals surface area contributed by atoms with E-state index in [4.69, 9.17) is 9.47 Å². The van der Waals surface area contributed by atoms with E-state index in [9.17, 15) is 4.79 Å². The van der Waals surface area contributed by atoms with E-state index in [0.717, 1.165) is 0 Å². The van der Waals surface area contributed by atoms with Gasteiger partial charge in [0.25, 0.3) is 0 Å². The number of likely N-dealkylation sites (N-methyl/N-ethyl adjacent to an activating group) is 1. The van der Waals surface area contributed by atoms with Crippen molar-refractivity contribution in [1.82, 2.24) is 9.97 Å². The van der Waals surface area contributed by atoms with Crippen LogP contribution in [0.2, 0.25) is 0 Å². The Bertz CT molecular complexity index is 357. The number of anilines is 1. The number of esters is 1. The summed E-state index contributed by atoms with van der Waals surface area (Å²) in [6.07, 6.45) is 3.06. The topological polar surface area (TPSA) is 64.5 Å². The number of ether oxygens (including phenoxy) is 2. The minimum atomic E-state index is -0.297. The van der Waals surface area contributed by atoms with Gasteiger partial charge in [-0.1, -0.05) is 0 Å². The van der Waals surface area contributed by atoms with Crippen molar-refractivity contribution in [3.8, 4) is 5.88 Å². The molecular formula is C10H15N3O3. The third-order valence-electron chi connectivity index (χ3n) is 1.87. The molecule has 0 aliphatic heterocycles. The van der Waals surface area contributed by atoms with Gasteiger partial charge in [0.2, 0.25) is 5.88 Å². The van der Waals surface area contributed by atoms with Gasteiger partial charge in [0.05, 0.1) is 26.1 Å². The van der Waals surface area contributed by atoms with Gasteiger partial charge in [-0.05, 0) is 6.92 Å². The van der Waals surface area contributed by atoms with Crippen molar-refractivity contribution in [2.45, 2.75) is 6.92 Å². The third-order valence-corrected chi connectivity index (χ3v) is 1.87. The molecule has 0 amide bonds. The molecule has 0 spiro atoms. The Morgan fingerprint density at radius 2 is 2.25 bits per heavy atom. The van der Waals surface area contributed by atoms with Crippen molar-refractivity contribution < 1.29 is 14.3 Å². The molecule has 1 aromatic heterocycles. The molecule has 0 saturated carbocycles. The first-order valence-electron chi connectivity index (χ1n) is 4.90. The summed E-state index contributed by atoms with van der Waals surface area (Å²) in [6, 6.07) is 0. The normalized spacial score (nSPS) is 9.69. The first-order chi connectivity index (χ1) is 7.67. The van der Waals surface area contributed by atoms with Crippen LogP contribution >= 0.6 is 0 Å². The Kier molecular flexibility index (Phi) is 4.50. The Balaban J connectivity index is 2.64. The highest BCUT2D eigenvalue weighted by Gasteiger charge is 2.10. The number of hydrogen-bond acceptors (Lipinski definition) is 6. The minimum Gasteiger partial charge on any atom is -0.480 e. The highest BCUT2D eigenvalue weighted by atomic mass is 16.5. The highest BCUT2D eigenvalue weighted by molar-refractivity contribution is 5.75. The van der Waals surface area contributed by atoms with E-state index < -0.39 is 0 Å². The van der Waals surface area contributed by atoms with Gasteiger partial charge < -0.3 is 14.4 Å². The van der Waals surface area contributed by atoms with Crippen LogP contribution < -0.4 is 9.64 Å². The van der Waals surface area contributed by atoms with Crippen molar-refractivity contribution in [2.75, 3.05) is 32.2 Å². The Morgan fingerprint density at radius 1 is 1.50 bits per heavy atom. The smallest absolute Gasteiger partial charge is 0.325 e. The Morgan fingerprint density at radius 3 is 2.88 bits per heavy atom. The first-order valence-corrected chi connectivity index (χ1v) is 4.90. The molecule has 0 atom stereocenters. The second-order valence-electron chi connectivity index (χ2n) is 3.08. The fraction of sp³-hybridized carbons (Fsp3) is 0.500. The molecule has 0 saturated heterocycles.